The largest absolute Gasteiger partial charge is 0.328 e. The van der Waals surface area contributed by atoms with E-state index in [1.807, 2.05) is 6.07 Å². The van der Waals surface area contributed by atoms with Crippen LogP contribution in [0.2, 0.25) is 0 Å². The van der Waals surface area contributed by atoms with Crippen molar-refractivity contribution in [2.45, 2.75) is 26.8 Å². The Kier molecular flexibility index (Phi) is 5.73. The van der Waals surface area contributed by atoms with E-state index in [0.717, 1.165) is 18.5 Å². The maximum absolute atomic E-state index is 14.6. The molecule has 2 aromatic carbocycles. The third-order valence-electron chi connectivity index (χ3n) is 4.17. The number of aromatic amines is 1. The summed E-state index contributed by atoms with van der Waals surface area (Å²) in [6, 6.07) is 9.72. The molecule has 6 heteroatoms. The number of rotatable bonds is 7. The van der Waals surface area contributed by atoms with Crippen LogP contribution in [0, 0.1) is 17.6 Å². The number of halogens is 2. The summed E-state index contributed by atoms with van der Waals surface area (Å²) in [4.78, 5) is 2.89. The maximum Gasteiger partial charge on any atom is 0.161 e. The minimum atomic E-state index is -0.569. The molecule has 1 aromatic heterocycles. The number of H-pyrrole nitrogens is 1. The Morgan fingerprint density at radius 3 is 2.46 bits per heavy atom. The van der Waals surface area contributed by atoms with Gasteiger partial charge in [0, 0.05) is 12.1 Å². The SMILES string of the molecule is CC(C)CCNCc1cc(F)c(-c2cccc(-c3nnc[nH]3)c2)c(F)c1. The van der Waals surface area contributed by atoms with Crippen LogP contribution in [0.1, 0.15) is 25.8 Å². The minimum Gasteiger partial charge on any atom is -0.328 e. The average Bonchev–Trinajstić information content (AvgIpc) is 3.13. The lowest BCUT2D eigenvalue weighted by atomic mass is 10.00. The van der Waals surface area contributed by atoms with E-state index in [9.17, 15) is 8.78 Å². The summed E-state index contributed by atoms with van der Waals surface area (Å²) >= 11 is 0. The summed E-state index contributed by atoms with van der Waals surface area (Å²) in [6.45, 7) is 5.55. The molecule has 1 heterocycles. The molecule has 0 saturated heterocycles. The van der Waals surface area contributed by atoms with Crippen molar-refractivity contribution in [3.63, 3.8) is 0 Å². The second kappa shape index (κ2) is 8.19. The first-order valence-electron chi connectivity index (χ1n) is 8.70. The van der Waals surface area contributed by atoms with Gasteiger partial charge in [0.15, 0.2) is 5.82 Å². The van der Waals surface area contributed by atoms with Gasteiger partial charge in [0.25, 0.3) is 0 Å². The van der Waals surface area contributed by atoms with Gasteiger partial charge in [-0.25, -0.2) is 8.78 Å². The van der Waals surface area contributed by atoms with Crippen LogP contribution in [0.25, 0.3) is 22.5 Å². The topological polar surface area (TPSA) is 53.6 Å². The molecule has 0 unspecified atom stereocenters. The Balaban J connectivity index is 1.81. The molecule has 0 aliphatic rings. The molecule has 0 spiro atoms. The minimum absolute atomic E-state index is 0.0303. The molecule has 0 atom stereocenters. The van der Waals surface area contributed by atoms with E-state index in [0.29, 0.717) is 29.4 Å². The van der Waals surface area contributed by atoms with E-state index in [-0.39, 0.29) is 5.56 Å². The van der Waals surface area contributed by atoms with Gasteiger partial charge in [-0.05, 0) is 48.2 Å². The normalized spacial score (nSPS) is 11.3. The van der Waals surface area contributed by atoms with Crippen molar-refractivity contribution in [3.8, 4) is 22.5 Å². The van der Waals surface area contributed by atoms with Gasteiger partial charge in [0.05, 0.1) is 5.56 Å². The molecule has 4 nitrogen and oxygen atoms in total. The molecule has 3 rings (SSSR count). The lowest BCUT2D eigenvalue weighted by Gasteiger charge is -2.11. The van der Waals surface area contributed by atoms with Gasteiger partial charge in [0.1, 0.15) is 18.0 Å². The average molecular weight is 356 g/mol. The fourth-order valence-electron chi connectivity index (χ4n) is 2.80. The highest BCUT2D eigenvalue weighted by atomic mass is 19.1. The molecule has 0 amide bonds. The second-order valence-corrected chi connectivity index (χ2v) is 6.71. The smallest absolute Gasteiger partial charge is 0.161 e. The monoisotopic (exact) mass is 356 g/mol. The predicted molar refractivity (Wildman–Crippen MR) is 98.3 cm³/mol. The van der Waals surface area contributed by atoms with E-state index in [4.69, 9.17) is 0 Å². The van der Waals surface area contributed by atoms with Crippen LogP contribution in [0.4, 0.5) is 8.78 Å². The quantitative estimate of drug-likeness (QED) is 0.611. The van der Waals surface area contributed by atoms with Gasteiger partial charge in [-0.2, -0.15) is 0 Å². The molecule has 0 radical (unpaired) electrons. The lowest BCUT2D eigenvalue weighted by molar-refractivity contribution is 0.533. The third kappa shape index (κ3) is 4.32. The summed E-state index contributed by atoms with van der Waals surface area (Å²) in [5.41, 5.74) is 1.75. The van der Waals surface area contributed by atoms with Crippen molar-refractivity contribution in [1.82, 2.24) is 20.5 Å². The summed E-state index contributed by atoms with van der Waals surface area (Å²) < 4.78 is 29.2. The van der Waals surface area contributed by atoms with Gasteiger partial charge in [-0.1, -0.05) is 32.0 Å². The van der Waals surface area contributed by atoms with Crippen LogP contribution >= 0.6 is 0 Å². The zero-order chi connectivity index (χ0) is 18.5. The summed E-state index contributed by atoms with van der Waals surface area (Å²) in [5.74, 6) is 0.00869. The number of nitrogens with zero attached hydrogens (tertiary/aromatic N) is 2. The van der Waals surface area contributed by atoms with Gasteiger partial charge in [-0.15, -0.1) is 10.2 Å². The lowest BCUT2D eigenvalue weighted by Crippen LogP contribution is -2.16. The Hall–Kier alpha value is -2.60. The van der Waals surface area contributed by atoms with Crippen LogP contribution in [0.3, 0.4) is 0 Å². The van der Waals surface area contributed by atoms with Gasteiger partial charge in [0.2, 0.25) is 0 Å². The third-order valence-corrected chi connectivity index (χ3v) is 4.17. The van der Waals surface area contributed by atoms with Crippen LogP contribution in [-0.4, -0.2) is 21.7 Å². The van der Waals surface area contributed by atoms with Crippen LogP contribution < -0.4 is 5.32 Å². The van der Waals surface area contributed by atoms with Gasteiger partial charge >= 0.3 is 0 Å². The number of benzene rings is 2. The zero-order valence-corrected chi connectivity index (χ0v) is 14.9. The molecule has 26 heavy (non-hydrogen) atoms. The summed E-state index contributed by atoms with van der Waals surface area (Å²) in [6.07, 6.45) is 2.49. The van der Waals surface area contributed by atoms with E-state index >= 15 is 0 Å². The number of aromatic nitrogens is 3. The molecule has 2 N–H and O–H groups in total. The van der Waals surface area contributed by atoms with E-state index in [2.05, 4.69) is 34.3 Å². The molecule has 0 fully saturated rings. The summed E-state index contributed by atoms with van der Waals surface area (Å²) in [5, 5.41) is 10.9. The van der Waals surface area contributed by atoms with Crippen molar-refractivity contribution in [2.24, 2.45) is 5.92 Å². The first-order valence-corrected chi connectivity index (χ1v) is 8.70. The Bertz CT molecular complexity index is 837. The van der Waals surface area contributed by atoms with Crippen LogP contribution in [-0.2, 0) is 6.54 Å². The van der Waals surface area contributed by atoms with E-state index in [1.54, 1.807) is 18.2 Å². The van der Waals surface area contributed by atoms with Crippen molar-refractivity contribution >= 4 is 0 Å². The van der Waals surface area contributed by atoms with Crippen molar-refractivity contribution < 1.29 is 8.78 Å². The van der Waals surface area contributed by atoms with Crippen molar-refractivity contribution in [3.05, 3.63) is 59.9 Å². The van der Waals surface area contributed by atoms with Crippen molar-refractivity contribution in [1.29, 1.82) is 0 Å². The highest BCUT2D eigenvalue weighted by Crippen LogP contribution is 2.29. The number of hydrogen-bond donors (Lipinski definition) is 2. The first kappa shape index (κ1) is 18.2. The molecule has 0 bridgehead atoms. The fourth-order valence-corrected chi connectivity index (χ4v) is 2.80. The highest BCUT2D eigenvalue weighted by molar-refractivity contribution is 5.71. The van der Waals surface area contributed by atoms with Crippen molar-refractivity contribution in [2.75, 3.05) is 6.54 Å². The highest BCUT2D eigenvalue weighted by Gasteiger charge is 2.14. The standard InChI is InChI=1S/C20H22F2N4/c1-13(2)6-7-23-11-14-8-17(21)19(18(22)9-14)15-4-3-5-16(10-15)20-24-12-25-26-20/h3-5,8-10,12-13,23H,6-7,11H2,1-2H3,(H,24,25,26). The van der Waals surface area contributed by atoms with Crippen LogP contribution in [0.5, 0.6) is 0 Å². The fraction of sp³-hybridized carbons (Fsp3) is 0.300. The maximum atomic E-state index is 14.6. The molecular formula is C20H22F2N4. The molecule has 0 aliphatic carbocycles. The van der Waals surface area contributed by atoms with E-state index < -0.39 is 11.6 Å². The number of hydrogen-bond acceptors (Lipinski definition) is 3. The molecule has 0 aliphatic heterocycles. The Labute approximate surface area is 151 Å². The van der Waals surface area contributed by atoms with Gasteiger partial charge < -0.3 is 10.3 Å². The van der Waals surface area contributed by atoms with Crippen LogP contribution in [0.15, 0.2) is 42.7 Å². The Morgan fingerprint density at radius 2 is 1.81 bits per heavy atom. The molecular weight excluding hydrogens is 334 g/mol. The van der Waals surface area contributed by atoms with Gasteiger partial charge in [-0.3, -0.25) is 0 Å². The second-order valence-electron chi connectivity index (χ2n) is 6.71. The Morgan fingerprint density at radius 1 is 1.08 bits per heavy atom. The zero-order valence-electron chi connectivity index (χ0n) is 14.9. The first-order chi connectivity index (χ1) is 12.5. The summed E-state index contributed by atoms with van der Waals surface area (Å²) in [7, 11) is 0. The molecule has 136 valence electrons. The molecule has 3 aromatic rings. The molecule has 0 saturated carbocycles. The number of nitrogens with one attached hydrogen (secondary N) is 2. The van der Waals surface area contributed by atoms with E-state index in [1.165, 1.54) is 18.5 Å². The predicted octanol–water partition coefficient (Wildman–Crippen LogP) is 4.55.